The van der Waals surface area contributed by atoms with E-state index in [1.165, 1.54) is 0 Å². The van der Waals surface area contributed by atoms with Crippen molar-refractivity contribution in [3.8, 4) is 0 Å². The van der Waals surface area contributed by atoms with Gasteiger partial charge in [-0.25, -0.2) is 8.78 Å². The van der Waals surface area contributed by atoms with Crippen molar-refractivity contribution in [3.05, 3.63) is 59.7 Å². The number of carbonyl (C=O) groups is 2. The molecule has 0 saturated heterocycles. The second kappa shape index (κ2) is 6.13. The standard InChI is InChI=1S/C15H12F2N2O2/c1-9-2-5-11(6-3-9)18-14(20)15(21)19-13-8-10(16)4-7-12(13)17/h2-8H,1H3,(H,18,20)(H,19,21). The van der Waals surface area contributed by atoms with E-state index in [0.717, 1.165) is 23.8 Å². The Bertz CT molecular complexity index is 685. The van der Waals surface area contributed by atoms with Gasteiger partial charge in [-0.2, -0.15) is 0 Å². The van der Waals surface area contributed by atoms with Crippen LogP contribution in [0.15, 0.2) is 42.5 Å². The van der Waals surface area contributed by atoms with Crippen LogP contribution in [0.3, 0.4) is 0 Å². The summed E-state index contributed by atoms with van der Waals surface area (Å²) in [7, 11) is 0. The van der Waals surface area contributed by atoms with Crippen molar-refractivity contribution in [1.29, 1.82) is 0 Å². The Hall–Kier alpha value is -2.76. The van der Waals surface area contributed by atoms with E-state index in [0.29, 0.717) is 5.69 Å². The number of rotatable bonds is 2. The SMILES string of the molecule is Cc1ccc(NC(=O)C(=O)Nc2cc(F)ccc2F)cc1. The predicted octanol–water partition coefficient (Wildman–Crippen LogP) is 2.85. The van der Waals surface area contributed by atoms with Crippen LogP contribution in [0.25, 0.3) is 0 Å². The van der Waals surface area contributed by atoms with Crippen molar-refractivity contribution >= 4 is 23.2 Å². The zero-order chi connectivity index (χ0) is 15.4. The van der Waals surface area contributed by atoms with Crippen LogP contribution in [0.1, 0.15) is 5.56 Å². The van der Waals surface area contributed by atoms with Gasteiger partial charge in [-0.1, -0.05) is 17.7 Å². The fourth-order valence-electron chi connectivity index (χ4n) is 1.60. The molecule has 2 amide bonds. The first kappa shape index (κ1) is 14.6. The van der Waals surface area contributed by atoms with E-state index in [9.17, 15) is 18.4 Å². The number of halogens is 2. The summed E-state index contributed by atoms with van der Waals surface area (Å²) in [6.07, 6.45) is 0. The number of nitrogens with one attached hydrogen (secondary N) is 2. The van der Waals surface area contributed by atoms with Crippen molar-refractivity contribution in [2.75, 3.05) is 10.6 Å². The Morgan fingerprint density at radius 3 is 2.19 bits per heavy atom. The van der Waals surface area contributed by atoms with E-state index in [2.05, 4.69) is 5.32 Å². The molecule has 0 heterocycles. The van der Waals surface area contributed by atoms with Crippen molar-refractivity contribution < 1.29 is 18.4 Å². The molecule has 2 aromatic carbocycles. The number of hydrogen-bond donors (Lipinski definition) is 2. The van der Waals surface area contributed by atoms with Gasteiger partial charge >= 0.3 is 11.8 Å². The molecule has 2 aromatic rings. The maximum Gasteiger partial charge on any atom is 0.314 e. The summed E-state index contributed by atoms with van der Waals surface area (Å²) in [6.45, 7) is 1.88. The molecule has 0 unspecified atom stereocenters. The number of aryl methyl sites for hydroxylation is 1. The van der Waals surface area contributed by atoms with Crippen LogP contribution in [0.2, 0.25) is 0 Å². The minimum Gasteiger partial charge on any atom is -0.318 e. The second-order valence-electron chi connectivity index (χ2n) is 4.40. The van der Waals surface area contributed by atoms with Gasteiger partial charge in [-0.3, -0.25) is 9.59 Å². The Morgan fingerprint density at radius 2 is 1.52 bits per heavy atom. The molecule has 0 saturated carbocycles. The minimum absolute atomic E-state index is 0.390. The predicted molar refractivity (Wildman–Crippen MR) is 74.8 cm³/mol. The molecule has 108 valence electrons. The van der Waals surface area contributed by atoms with Crippen molar-refractivity contribution in [1.82, 2.24) is 0 Å². The molecule has 0 aromatic heterocycles. The Balaban J connectivity index is 2.04. The van der Waals surface area contributed by atoms with Crippen molar-refractivity contribution in [3.63, 3.8) is 0 Å². The van der Waals surface area contributed by atoms with E-state index in [-0.39, 0.29) is 5.69 Å². The molecule has 2 rings (SSSR count). The van der Waals surface area contributed by atoms with Gasteiger partial charge in [-0.05, 0) is 31.2 Å². The maximum absolute atomic E-state index is 13.4. The topological polar surface area (TPSA) is 58.2 Å². The van der Waals surface area contributed by atoms with Crippen LogP contribution >= 0.6 is 0 Å². The number of amides is 2. The number of benzene rings is 2. The molecule has 4 nitrogen and oxygen atoms in total. The lowest BCUT2D eigenvalue weighted by Crippen LogP contribution is -2.29. The third-order valence-electron chi connectivity index (χ3n) is 2.69. The minimum atomic E-state index is -1.08. The Kier molecular flexibility index (Phi) is 4.27. The quantitative estimate of drug-likeness (QED) is 0.836. The monoisotopic (exact) mass is 290 g/mol. The molecule has 0 aliphatic rings. The lowest BCUT2D eigenvalue weighted by Gasteiger charge is -2.07. The highest BCUT2D eigenvalue weighted by Gasteiger charge is 2.16. The fourth-order valence-corrected chi connectivity index (χ4v) is 1.60. The molecule has 0 aliphatic heterocycles. The first-order chi connectivity index (χ1) is 9.95. The highest BCUT2D eigenvalue weighted by Crippen LogP contribution is 2.15. The van der Waals surface area contributed by atoms with Crippen LogP contribution < -0.4 is 10.6 Å². The summed E-state index contributed by atoms with van der Waals surface area (Å²) in [5, 5.41) is 4.37. The van der Waals surface area contributed by atoms with Crippen LogP contribution in [-0.4, -0.2) is 11.8 Å². The number of carbonyl (C=O) groups excluding carboxylic acids is 2. The van der Waals surface area contributed by atoms with E-state index >= 15 is 0 Å². The molecular weight excluding hydrogens is 278 g/mol. The molecule has 0 aliphatic carbocycles. The van der Waals surface area contributed by atoms with Crippen molar-refractivity contribution in [2.45, 2.75) is 6.92 Å². The van der Waals surface area contributed by atoms with Crippen LogP contribution in [0.4, 0.5) is 20.2 Å². The number of hydrogen-bond acceptors (Lipinski definition) is 2. The summed E-state index contributed by atoms with van der Waals surface area (Å²) < 4.78 is 26.3. The average Bonchev–Trinajstić information content (AvgIpc) is 2.45. The fraction of sp³-hybridized carbons (Fsp3) is 0.0667. The molecule has 2 N–H and O–H groups in total. The molecule has 0 fully saturated rings. The molecular formula is C15H12F2N2O2. The third-order valence-corrected chi connectivity index (χ3v) is 2.69. The van der Waals surface area contributed by atoms with Gasteiger partial charge < -0.3 is 10.6 Å². The van der Waals surface area contributed by atoms with Crippen LogP contribution in [0, 0.1) is 18.6 Å². The average molecular weight is 290 g/mol. The van der Waals surface area contributed by atoms with Gasteiger partial charge in [0.25, 0.3) is 0 Å². The van der Waals surface area contributed by atoms with Gasteiger partial charge in [0.15, 0.2) is 0 Å². The summed E-state index contributed by atoms with van der Waals surface area (Å²) in [4.78, 5) is 23.3. The number of anilines is 2. The molecule has 0 spiro atoms. The van der Waals surface area contributed by atoms with E-state index in [1.54, 1.807) is 24.3 Å². The highest BCUT2D eigenvalue weighted by molar-refractivity contribution is 6.43. The highest BCUT2D eigenvalue weighted by atomic mass is 19.1. The van der Waals surface area contributed by atoms with Crippen LogP contribution in [-0.2, 0) is 9.59 Å². The lowest BCUT2D eigenvalue weighted by atomic mass is 10.2. The van der Waals surface area contributed by atoms with E-state index < -0.39 is 23.4 Å². The maximum atomic E-state index is 13.4. The van der Waals surface area contributed by atoms with Crippen molar-refractivity contribution in [2.24, 2.45) is 0 Å². The van der Waals surface area contributed by atoms with Gasteiger partial charge in [0.2, 0.25) is 0 Å². The first-order valence-electron chi connectivity index (χ1n) is 6.10. The van der Waals surface area contributed by atoms with Gasteiger partial charge in [-0.15, -0.1) is 0 Å². The first-order valence-corrected chi connectivity index (χ1v) is 6.10. The zero-order valence-electron chi connectivity index (χ0n) is 11.1. The van der Waals surface area contributed by atoms with Gasteiger partial charge in [0, 0.05) is 11.8 Å². The summed E-state index contributed by atoms with van der Waals surface area (Å²) in [6, 6.07) is 9.36. The third kappa shape index (κ3) is 3.85. The van der Waals surface area contributed by atoms with Crippen LogP contribution in [0.5, 0.6) is 0 Å². The van der Waals surface area contributed by atoms with Gasteiger partial charge in [0.1, 0.15) is 11.6 Å². The summed E-state index contributed by atoms with van der Waals surface area (Å²) in [5.41, 5.74) is 1.04. The van der Waals surface area contributed by atoms with Gasteiger partial charge in [0.05, 0.1) is 5.69 Å². The molecule has 21 heavy (non-hydrogen) atoms. The zero-order valence-corrected chi connectivity index (χ0v) is 11.1. The van der Waals surface area contributed by atoms with E-state index in [4.69, 9.17) is 0 Å². The Labute approximate surface area is 119 Å². The largest absolute Gasteiger partial charge is 0.318 e. The summed E-state index contributed by atoms with van der Waals surface area (Å²) in [5.74, 6) is -3.60. The van der Waals surface area contributed by atoms with E-state index in [1.807, 2.05) is 12.2 Å². The second-order valence-corrected chi connectivity index (χ2v) is 4.40. The summed E-state index contributed by atoms with van der Waals surface area (Å²) >= 11 is 0. The normalized spacial score (nSPS) is 10.0. The molecule has 0 radical (unpaired) electrons. The molecule has 0 bridgehead atoms. The smallest absolute Gasteiger partial charge is 0.314 e. The lowest BCUT2D eigenvalue weighted by molar-refractivity contribution is -0.133. The molecule has 0 atom stereocenters. The Morgan fingerprint density at radius 1 is 0.905 bits per heavy atom. The molecule has 6 heteroatoms.